The largest absolute Gasteiger partial charge is 0.495 e. The lowest BCUT2D eigenvalue weighted by Crippen LogP contribution is -2.32. The number of anilines is 2. The van der Waals surface area contributed by atoms with Crippen molar-refractivity contribution in [1.82, 2.24) is 0 Å². The number of imide groups is 1. The Labute approximate surface area is 150 Å². The number of amides is 2. The van der Waals surface area contributed by atoms with Crippen LogP contribution in [0, 0.1) is 13.8 Å². The summed E-state index contributed by atoms with van der Waals surface area (Å²) in [6.07, 6.45) is 0. The summed E-state index contributed by atoms with van der Waals surface area (Å²) in [4.78, 5) is 26.4. The number of benzene rings is 2. The number of ether oxygens (including phenoxy) is 1. The Morgan fingerprint density at radius 1 is 1.00 bits per heavy atom. The average molecular weight is 357 g/mol. The van der Waals surface area contributed by atoms with Gasteiger partial charge in [-0.15, -0.1) is 0 Å². The summed E-state index contributed by atoms with van der Waals surface area (Å²) in [7, 11) is 1.53. The molecule has 1 N–H and O–H groups in total. The van der Waals surface area contributed by atoms with Gasteiger partial charge in [0.2, 0.25) is 0 Å². The van der Waals surface area contributed by atoms with Gasteiger partial charge >= 0.3 is 0 Å². The van der Waals surface area contributed by atoms with Gasteiger partial charge in [-0.1, -0.05) is 29.8 Å². The topological polar surface area (TPSA) is 58.6 Å². The van der Waals surface area contributed by atoms with Crippen LogP contribution in [-0.2, 0) is 9.59 Å². The van der Waals surface area contributed by atoms with Crippen LogP contribution >= 0.6 is 11.6 Å². The Morgan fingerprint density at radius 3 is 2.40 bits per heavy atom. The molecule has 0 fully saturated rings. The minimum Gasteiger partial charge on any atom is -0.495 e. The highest BCUT2D eigenvalue weighted by molar-refractivity contribution is 6.53. The van der Waals surface area contributed by atoms with Crippen LogP contribution in [0.2, 0.25) is 0 Å². The smallest absolute Gasteiger partial charge is 0.283 e. The summed E-state index contributed by atoms with van der Waals surface area (Å²) in [5.41, 5.74) is 3.15. The van der Waals surface area contributed by atoms with Crippen LogP contribution in [0.5, 0.6) is 5.75 Å². The Balaban J connectivity index is 1.95. The van der Waals surface area contributed by atoms with E-state index in [2.05, 4.69) is 5.32 Å². The fraction of sp³-hybridized carbons (Fsp3) is 0.158. The van der Waals surface area contributed by atoms with E-state index in [1.54, 1.807) is 30.3 Å². The summed E-state index contributed by atoms with van der Waals surface area (Å²) < 4.78 is 5.26. The van der Waals surface area contributed by atoms with Crippen molar-refractivity contribution in [1.29, 1.82) is 0 Å². The minimum absolute atomic E-state index is 0.0365. The number of nitrogens with zero attached hydrogens (tertiary/aromatic N) is 1. The summed E-state index contributed by atoms with van der Waals surface area (Å²) >= 11 is 6.15. The lowest BCUT2D eigenvalue weighted by molar-refractivity contribution is -0.120. The number of para-hydroxylation sites is 2. The van der Waals surface area contributed by atoms with Crippen molar-refractivity contribution in [3.63, 3.8) is 0 Å². The standard InChI is InChI=1S/C19H17ClN2O3/c1-11-8-9-13(10-12(11)2)22-18(23)16(20)17(19(22)24)21-14-6-4-5-7-15(14)25-3/h4-10,21H,1-3H3. The van der Waals surface area contributed by atoms with Crippen molar-refractivity contribution in [3.05, 3.63) is 64.3 Å². The van der Waals surface area contributed by atoms with Crippen molar-refractivity contribution in [2.75, 3.05) is 17.3 Å². The predicted octanol–water partition coefficient (Wildman–Crippen LogP) is 3.75. The molecule has 1 heterocycles. The summed E-state index contributed by atoms with van der Waals surface area (Å²) in [5.74, 6) is -0.499. The van der Waals surface area contributed by atoms with Crippen molar-refractivity contribution in [2.24, 2.45) is 0 Å². The first-order valence-corrected chi connectivity index (χ1v) is 8.07. The molecule has 2 aromatic carbocycles. The zero-order valence-electron chi connectivity index (χ0n) is 14.1. The number of carbonyl (C=O) groups is 2. The maximum Gasteiger partial charge on any atom is 0.283 e. The van der Waals surface area contributed by atoms with Crippen LogP contribution in [-0.4, -0.2) is 18.9 Å². The predicted molar refractivity (Wildman–Crippen MR) is 97.9 cm³/mol. The Bertz CT molecular complexity index is 905. The molecule has 25 heavy (non-hydrogen) atoms. The van der Waals surface area contributed by atoms with Crippen LogP contribution in [0.25, 0.3) is 0 Å². The van der Waals surface area contributed by atoms with E-state index in [0.717, 1.165) is 16.0 Å². The lowest BCUT2D eigenvalue weighted by Gasteiger charge is -2.17. The van der Waals surface area contributed by atoms with E-state index in [0.29, 0.717) is 17.1 Å². The maximum absolute atomic E-state index is 12.8. The molecule has 0 radical (unpaired) electrons. The molecule has 2 amide bonds. The van der Waals surface area contributed by atoms with Gasteiger partial charge in [-0.05, 0) is 49.2 Å². The lowest BCUT2D eigenvalue weighted by atomic mass is 10.1. The molecule has 0 aliphatic carbocycles. The molecule has 0 atom stereocenters. The van der Waals surface area contributed by atoms with Crippen molar-refractivity contribution < 1.29 is 14.3 Å². The first kappa shape index (κ1) is 17.0. The molecule has 6 heteroatoms. The fourth-order valence-corrected chi connectivity index (χ4v) is 2.81. The van der Waals surface area contributed by atoms with Crippen LogP contribution in [0.15, 0.2) is 53.2 Å². The number of aryl methyl sites for hydroxylation is 2. The van der Waals surface area contributed by atoms with Crippen LogP contribution in [0.1, 0.15) is 11.1 Å². The number of hydrogen-bond acceptors (Lipinski definition) is 4. The quantitative estimate of drug-likeness (QED) is 0.848. The second kappa shape index (κ2) is 6.61. The molecule has 0 aromatic heterocycles. The molecule has 1 aliphatic heterocycles. The first-order valence-electron chi connectivity index (χ1n) is 7.70. The number of nitrogens with one attached hydrogen (secondary N) is 1. The van der Waals surface area contributed by atoms with E-state index in [9.17, 15) is 9.59 Å². The summed E-state index contributed by atoms with van der Waals surface area (Å²) in [6, 6.07) is 12.5. The molecule has 0 saturated heterocycles. The molecule has 128 valence electrons. The van der Waals surface area contributed by atoms with Gasteiger partial charge in [-0.2, -0.15) is 0 Å². The fourth-order valence-electron chi connectivity index (χ4n) is 2.59. The van der Waals surface area contributed by atoms with E-state index >= 15 is 0 Å². The Morgan fingerprint density at radius 2 is 1.72 bits per heavy atom. The first-order chi connectivity index (χ1) is 11.9. The normalized spacial score (nSPS) is 14.3. The van der Waals surface area contributed by atoms with Crippen LogP contribution in [0.4, 0.5) is 11.4 Å². The zero-order chi connectivity index (χ0) is 18.1. The molecular weight excluding hydrogens is 340 g/mol. The number of hydrogen-bond donors (Lipinski definition) is 1. The molecule has 2 aromatic rings. The summed E-state index contributed by atoms with van der Waals surface area (Å²) in [6.45, 7) is 3.89. The van der Waals surface area contributed by atoms with Gasteiger partial charge in [0, 0.05) is 0 Å². The monoisotopic (exact) mass is 356 g/mol. The van der Waals surface area contributed by atoms with E-state index in [1.807, 2.05) is 26.0 Å². The number of halogens is 1. The molecule has 0 saturated carbocycles. The number of carbonyl (C=O) groups excluding carboxylic acids is 2. The maximum atomic E-state index is 12.8. The van der Waals surface area contributed by atoms with Gasteiger partial charge in [-0.25, -0.2) is 4.90 Å². The highest BCUT2D eigenvalue weighted by Crippen LogP contribution is 2.33. The van der Waals surface area contributed by atoms with E-state index < -0.39 is 11.8 Å². The highest BCUT2D eigenvalue weighted by atomic mass is 35.5. The molecule has 0 unspecified atom stereocenters. The molecule has 1 aliphatic rings. The van der Waals surface area contributed by atoms with E-state index in [4.69, 9.17) is 16.3 Å². The van der Waals surface area contributed by atoms with Gasteiger partial charge in [0.25, 0.3) is 11.8 Å². The summed E-state index contributed by atoms with van der Waals surface area (Å²) in [5, 5.41) is 2.78. The second-order valence-electron chi connectivity index (χ2n) is 5.73. The molecule has 5 nitrogen and oxygen atoms in total. The van der Waals surface area contributed by atoms with Gasteiger partial charge in [0.05, 0.1) is 18.5 Å². The van der Waals surface area contributed by atoms with Crippen LogP contribution in [0.3, 0.4) is 0 Å². The van der Waals surface area contributed by atoms with Crippen molar-refractivity contribution >= 4 is 34.8 Å². The highest BCUT2D eigenvalue weighted by Gasteiger charge is 2.39. The second-order valence-corrected chi connectivity index (χ2v) is 6.11. The number of rotatable bonds is 4. The van der Waals surface area contributed by atoms with Gasteiger partial charge in [0.1, 0.15) is 16.5 Å². The van der Waals surface area contributed by atoms with E-state index in [1.165, 1.54) is 7.11 Å². The van der Waals surface area contributed by atoms with Crippen molar-refractivity contribution in [3.8, 4) is 5.75 Å². The minimum atomic E-state index is -0.549. The Hall–Kier alpha value is -2.79. The molecule has 0 bridgehead atoms. The Kier molecular flexibility index (Phi) is 4.51. The molecule has 0 spiro atoms. The van der Waals surface area contributed by atoms with Gasteiger partial charge in [0.15, 0.2) is 0 Å². The van der Waals surface area contributed by atoms with Crippen molar-refractivity contribution in [2.45, 2.75) is 13.8 Å². The average Bonchev–Trinajstić information content (AvgIpc) is 2.81. The number of methoxy groups -OCH3 is 1. The van der Waals surface area contributed by atoms with Crippen LogP contribution < -0.4 is 15.0 Å². The SMILES string of the molecule is COc1ccccc1NC1=C(Cl)C(=O)N(c2ccc(C)c(C)c2)C1=O. The van der Waals surface area contributed by atoms with Gasteiger partial charge in [-0.3, -0.25) is 9.59 Å². The third kappa shape index (κ3) is 2.98. The van der Waals surface area contributed by atoms with Gasteiger partial charge < -0.3 is 10.1 Å². The third-order valence-corrected chi connectivity index (χ3v) is 4.49. The third-order valence-electron chi connectivity index (χ3n) is 4.14. The molecular formula is C19H17ClN2O3. The molecule has 3 rings (SSSR count). The van der Waals surface area contributed by atoms with E-state index in [-0.39, 0.29) is 10.7 Å². The zero-order valence-corrected chi connectivity index (χ0v) is 14.8.